The summed E-state index contributed by atoms with van der Waals surface area (Å²) in [5, 5.41) is 3.74. The van der Waals surface area contributed by atoms with Gasteiger partial charge in [-0.15, -0.1) is 0 Å². The van der Waals surface area contributed by atoms with Gasteiger partial charge in [-0.1, -0.05) is 31.5 Å². The molecule has 0 saturated carbocycles. The summed E-state index contributed by atoms with van der Waals surface area (Å²) in [5.74, 6) is 0.520. The van der Waals surface area contributed by atoms with Crippen LogP contribution in [0.25, 0.3) is 22.1 Å². The van der Waals surface area contributed by atoms with E-state index in [1.807, 2.05) is 13.8 Å². The number of fused-ring (bicyclic) bond motifs is 2. The van der Waals surface area contributed by atoms with Gasteiger partial charge in [-0.05, 0) is 42.8 Å². The maximum Gasteiger partial charge on any atom is 0.281 e. The predicted molar refractivity (Wildman–Crippen MR) is 132 cm³/mol. The van der Waals surface area contributed by atoms with Crippen molar-refractivity contribution in [1.82, 2.24) is 29.6 Å². The average molecular weight is 481 g/mol. The highest BCUT2D eigenvalue weighted by Crippen LogP contribution is 2.21. The maximum atomic E-state index is 13.6. The average Bonchev–Trinajstić information content (AvgIpc) is 3.32. The van der Waals surface area contributed by atoms with Crippen molar-refractivity contribution < 1.29 is 4.39 Å². The molecular weight excluding hydrogens is 459 g/mol. The Morgan fingerprint density at radius 2 is 1.97 bits per heavy atom. The highest BCUT2D eigenvalue weighted by molar-refractivity contribution is 6.35. The molecule has 0 saturated heterocycles. The van der Waals surface area contributed by atoms with Crippen LogP contribution < -0.4 is 16.3 Å². The van der Waals surface area contributed by atoms with E-state index in [2.05, 4.69) is 35.7 Å². The van der Waals surface area contributed by atoms with Gasteiger partial charge in [0, 0.05) is 0 Å². The SMILES string of the molecule is CC.Cc1cc(F)ccc1Nn1c(CNc2ncnc3nc[nH]c23)nc2cccc(Cl)c2c1=O. The zero-order chi connectivity index (χ0) is 24.2. The molecule has 0 atom stereocenters. The van der Waals surface area contributed by atoms with Crippen LogP contribution in [0.2, 0.25) is 5.02 Å². The molecule has 174 valence electrons. The Labute approximate surface area is 199 Å². The third-order valence-electron chi connectivity index (χ3n) is 4.97. The number of nitrogens with zero attached hydrogens (tertiary/aromatic N) is 5. The van der Waals surface area contributed by atoms with E-state index in [0.717, 1.165) is 0 Å². The molecule has 11 heteroatoms. The van der Waals surface area contributed by atoms with Crippen molar-refractivity contribution in [1.29, 1.82) is 0 Å². The van der Waals surface area contributed by atoms with E-state index in [1.165, 1.54) is 29.5 Å². The van der Waals surface area contributed by atoms with Crippen LogP contribution in [0.15, 0.2) is 53.8 Å². The van der Waals surface area contributed by atoms with Crippen LogP contribution in [0.5, 0.6) is 0 Å². The molecule has 3 N–H and O–H groups in total. The Hall–Kier alpha value is -4.05. The molecule has 0 radical (unpaired) electrons. The number of halogens is 2. The highest BCUT2D eigenvalue weighted by Gasteiger charge is 2.15. The number of anilines is 2. The van der Waals surface area contributed by atoms with Crippen molar-refractivity contribution in [2.75, 3.05) is 10.7 Å². The molecule has 5 aromatic rings. The number of H-pyrrole nitrogens is 1. The Kier molecular flexibility index (Phi) is 6.69. The number of benzene rings is 2. The number of rotatable bonds is 5. The smallest absolute Gasteiger partial charge is 0.281 e. The fraction of sp³-hybridized carbons (Fsp3) is 0.174. The van der Waals surface area contributed by atoms with Crippen LogP contribution in [-0.2, 0) is 6.54 Å². The Balaban J connectivity index is 0.00000133. The summed E-state index contributed by atoms with van der Waals surface area (Å²) >= 11 is 6.29. The number of hydrogen-bond donors (Lipinski definition) is 3. The molecule has 0 amide bonds. The lowest BCUT2D eigenvalue weighted by molar-refractivity contribution is 0.626. The second kappa shape index (κ2) is 9.84. The lowest BCUT2D eigenvalue weighted by Crippen LogP contribution is -2.32. The molecule has 0 fully saturated rings. The first-order chi connectivity index (χ1) is 16.5. The van der Waals surface area contributed by atoms with Gasteiger partial charge in [0.1, 0.15) is 17.7 Å². The number of aryl methyl sites for hydroxylation is 1. The normalized spacial score (nSPS) is 10.7. The Morgan fingerprint density at radius 1 is 1.15 bits per heavy atom. The molecule has 0 spiro atoms. The van der Waals surface area contributed by atoms with E-state index in [1.54, 1.807) is 31.2 Å². The summed E-state index contributed by atoms with van der Waals surface area (Å²) in [6, 6.07) is 9.34. The van der Waals surface area contributed by atoms with Crippen molar-refractivity contribution >= 4 is 45.2 Å². The van der Waals surface area contributed by atoms with Gasteiger partial charge < -0.3 is 10.3 Å². The Bertz CT molecular complexity index is 1530. The quantitative estimate of drug-likeness (QED) is 0.334. The maximum absolute atomic E-state index is 13.6. The van der Waals surface area contributed by atoms with E-state index in [9.17, 15) is 9.18 Å². The number of imidazole rings is 1. The van der Waals surface area contributed by atoms with E-state index < -0.39 is 0 Å². The summed E-state index contributed by atoms with van der Waals surface area (Å²) in [4.78, 5) is 33.4. The van der Waals surface area contributed by atoms with E-state index in [0.29, 0.717) is 44.6 Å². The fourth-order valence-electron chi connectivity index (χ4n) is 3.40. The van der Waals surface area contributed by atoms with Crippen LogP contribution in [0.3, 0.4) is 0 Å². The first-order valence-electron chi connectivity index (χ1n) is 10.6. The highest BCUT2D eigenvalue weighted by atomic mass is 35.5. The fourth-order valence-corrected chi connectivity index (χ4v) is 3.65. The van der Waals surface area contributed by atoms with Crippen LogP contribution in [-0.4, -0.2) is 29.6 Å². The van der Waals surface area contributed by atoms with Gasteiger partial charge in [0.25, 0.3) is 5.56 Å². The lowest BCUT2D eigenvalue weighted by atomic mass is 10.2. The lowest BCUT2D eigenvalue weighted by Gasteiger charge is -2.17. The van der Waals surface area contributed by atoms with Gasteiger partial charge >= 0.3 is 0 Å². The van der Waals surface area contributed by atoms with Crippen LogP contribution >= 0.6 is 11.6 Å². The molecule has 0 unspecified atom stereocenters. The molecule has 0 aliphatic rings. The van der Waals surface area contributed by atoms with Crippen molar-refractivity contribution in [3.63, 3.8) is 0 Å². The molecular formula is C23H22ClFN8O. The molecule has 5 rings (SSSR count). The van der Waals surface area contributed by atoms with Crippen molar-refractivity contribution in [2.24, 2.45) is 0 Å². The second-order valence-electron chi connectivity index (χ2n) is 7.05. The van der Waals surface area contributed by atoms with Crippen LogP contribution in [0.4, 0.5) is 15.9 Å². The standard InChI is InChI=1S/C21H16ClFN8O.C2H6/c1-11-7-12(23)5-6-14(11)30-31-16(29-15-4-2-3-13(22)17(15)21(31)32)8-24-19-18-20(26-9-25-18)28-10-27-19;1-2/h2-7,9-10,30H,8H2,1H3,(H2,24,25,26,27,28);1-2H3. The number of hydrogen-bond acceptors (Lipinski definition) is 7. The monoisotopic (exact) mass is 480 g/mol. The van der Waals surface area contributed by atoms with Gasteiger partial charge in [-0.2, -0.15) is 0 Å². The van der Waals surface area contributed by atoms with E-state index in [-0.39, 0.29) is 23.3 Å². The van der Waals surface area contributed by atoms with E-state index >= 15 is 0 Å². The van der Waals surface area contributed by atoms with Gasteiger partial charge in [0.05, 0.1) is 34.5 Å². The Morgan fingerprint density at radius 3 is 2.76 bits per heavy atom. The molecule has 0 aliphatic heterocycles. The van der Waals surface area contributed by atoms with Gasteiger partial charge in [0.15, 0.2) is 17.3 Å². The number of nitrogens with one attached hydrogen (secondary N) is 3. The minimum Gasteiger partial charge on any atom is -0.361 e. The molecule has 3 heterocycles. The summed E-state index contributed by atoms with van der Waals surface area (Å²) < 4.78 is 14.9. The third kappa shape index (κ3) is 4.40. The number of aromatic nitrogens is 6. The summed E-state index contributed by atoms with van der Waals surface area (Å²) in [5.41, 5.74) is 5.46. The molecule has 2 aromatic carbocycles. The third-order valence-corrected chi connectivity index (χ3v) is 5.29. The zero-order valence-electron chi connectivity index (χ0n) is 18.7. The summed E-state index contributed by atoms with van der Waals surface area (Å²) in [6.45, 7) is 5.89. The number of aromatic amines is 1. The van der Waals surface area contributed by atoms with Gasteiger partial charge in [0.2, 0.25) is 0 Å². The minimum atomic E-state index is -0.379. The summed E-state index contributed by atoms with van der Waals surface area (Å²) in [6.07, 6.45) is 2.92. The topological polar surface area (TPSA) is 113 Å². The molecule has 34 heavy (non-hydrogen) atoms. The largest absolute Gasteiger partial charge is 0.361 e. The van der Waals surface area contributed by atoms with E-state index in [4.69, 9.17) is 11.6 Å². The van der Waals surface area contributed by atoms with Gasteiger partial charge in [-0.3, -0.25) is 10.2 Å². The molecule has 0 aliphatic carbocycles. The molecule has 0 bridgehead atoms. The molecule has 3 aromatic heterocycles. The van der Waals surface area contributed by atoms with Crippen LogP contribution in [0, 0.1) is 12.7 Å². The predicted octanol–water partition coefficient (Wildman–Crippen LogP) is 4.68. The first-order valence-corrected chi connectivity index (χ1v) is 11.0. The first kappa shape index (κ1) is 23.1. The minimum absolute atomic E-state index is 0.149. The van der Waals surface area contributed by atoms with Crippen LogP contribution in [0.1, 0.15) is 25.2 Å². The van der Waals surface area contributed by atoms with Crippen molar-refractivity contribution in [3.8, 4) is 0 Å². The van der Waals surface area contributed by atoms with Gasteiger partial charge in [-0.25, -0.2) is 29.0 Å². The van der Waals surface area contributed by atoms with Crippen molar-refractivity contribution in [3.05, 3.63) is 81.6 Å². The van der Waals surface area contributed by atoms with Crippen molar-refractivity contribution in [2.45, 2.75) is 27.3 Å². The summed E-state index contributed by atoms with van der Waals surface area (Å²) in [7, 11) is 0. The zero-order valence-corrected chi connectivity index (χ0v) is 19.5. The molecule has 9 nitrogen and oxygen atoms in total. The second-order valence-corrected chi connectivity index (χ2v) is 7.46.